The van der Waals surface area contributed by atoms with Gasteiger partial charge in [0, 0.05) is 11.6 Å². The second kappa shape index (κ2) is 6.62. The van der Waals surface area contributed by atoms with E-state index in [9.17, 15) is 0 Å². The third-order valence-corrected chi connectivity index (χ3v) is 3.99. The Kier molecular flexibility index (Phi) is 5.12. The first-order valence-corrected chi connectivity index (χ1v) is 7.59. The second-order valence-electron chi connectivity index (χ2n) is 5.79. The van der Waals surface area contributed by atoms with Gasteiger partial charge in [0.15, 0.2) is 0 Å². The van der Waals surface area contributed by atoms with E-state index in [2.05, 4.69) is 25.2 Å². The van der Waals surface area contributed by atoms with Crippen LogP contribution in [0.4, 0.5) is 0 Å². The lowest BCUT2D eigenvalue weighted by molar-refractivity contribution is 0.309. The van der Waals surface area contributed by atoms with Gasteiger partial charge in [-0.05, 0) is 61.4 Å². The largest absolute Gasteiger partial charge is 0.492 e. The highest BCUT2D eigenvalue weighted by Crippen LogP contribution is 2.32. The summed E-state index contributed by atoms with van der Waals surface area (Å²) in [4.78, 5) is 0. The van der Waals surface area contributed by atoms with Gasteiger partial charge in [-0.1, -0.05) is 25.4 Å². The third kappa shape index (κ3) is 4.39. The fourth-order valence-corrected chi connectivity index (χ4v) is 2.28. The highest BCUT2D eigenvalue weighted by Gasteiger charge is 2.20. The summed E-state index contributed by atoms with van der Waals surface area (Å²) in [7, 11) is 0. The van der Waals surface area contributed by atoms with Crippen LogP contribution < -0.4 is 10.1 Å². The second-order valence-corrected chi connectivity index (χ2v) is 6.20. The van der Waals surface area contributed by atoms with Gasteiger partial charge in [-0.25, -0.2) is 0 Å². The topological polar surface area (TPSA) is 21.3 Å². The molecule has 2 rings (SSSR count). The molecule has 0 spiro atoms. The molecule has 0 atom stereocenters. The molecular weight excluding hydrogens is 258 g/mol. The molecule has 1 aromatic carbocycles. The first kappa shape index (κ1) is 14.7. The average Bonchev–Trinajstić information content (AvgIpc) is 3.16. The van der Waals surface area contributed by atoms with Crippen LogP contribution in [0, 0.1) is 12.8 Å². The summed E-state index contributed by atoms with van der Waals surface area (Å²) in [5.41, 5.74) is 2.27. The summed E-state index contributed by atoms with van der Waals surface area (Å²) in [5, 5.41) is 4.26. The average molecular weight is 282 g/mol. The van der Waals surface area contributed by atoms with E-state index in [-0.39, 0.29) is 0 Å². The van der Waals surface area contributed by atoms with Crippen LogP contribution in [0.25, 0.3) is 0 Å². The number of halogens is 1. The minimum absolute atomic E-state index is 0.424. The summed E-state index contributed by atoms with van der Waals surface area (Å²) in [6, 6.07) is 4.09. The van der Waals surface area contributed by atoms with E-state index in [0.29, 0.717) is 12.5 Å². The number of rotatable bonds is 7. The van der Waals surface area contributed by atoms with E-state index >= 15 is 0 Å². The maximum absolute atomic E-state index is 6.19. The Labute approximate surface area is 121 Å². The van der Waals surface area contributed by atoms with Crippen LogP contribution in [0.1, 0.15) is 43.7 Å². The third-order valence-electron chi connectivity index (χ3n) is 3.58. The molecule has 1 N–H and O–H groups in total. The summed E-state index contributed by atoms with van der Waals surface area (Å²) < 4.78 is 5.92. The summed E-state index contributed by atoms with van der Waals surface area (Å²) in [6.45, 7) is 9.12. The summed E-state index contributed by atoms with van der Waals surface area (Å²) in [6.07, 6.45) is 2.78. The minimum atomic E-state index is 0.424. The lowest BCUT2D eigenvalue weighted by atomic mass is 10.0. The van der Waals surface area contributed by atoms with Crippen molar-refractivity contribution >= 4 is 11.6 Å². The Hall–Kier alpha value is -0.730. The minimum Gasteiger partial charge on any atom is -0.492 e. The van der Waals surface area contributed by atoms with Crippen molar-refractivity contribution in [3.63, 3.8) is 0 Å². The molecule has 0 bridgehead atoms. The van der Waals surface area contributed by atoms with Gasteiger partial charge >= 0.3 is 0 Å². The molecule has 1 aromatic rings. The van der Waals surface area contributed by atoms with Gasteiger partial charge in [-0.3, -0.25) is 0 Å². The maximum Gasteiger partial charge on any atom is 0.123 e. The Morgan fingerprint density at radius 1 is 1.37 bits per heavy atom. The maximum atomic E-state index is 6.19. The molecular formula is C16H24ClNO. The molecule has 0 radical (unpaired) electrons. The van der Waals surface area contributed by atoms with E-state index in [1.54, 1.807) is 0 Å². The van der Waals surface area contributed by atoms with Gasteiger partial charge in [0.2, 0.25) is 0 Å². The fourth-order valence-electron chi connectivity index (χ4n) is 2.11. The van der Waals surface area contributed by atoms with Crippen LogP contribution in [-0.4, -0.2) is 19.7 Å². The van der Waals surface area contributed by atoms with Gasteiger partial charge in [-0.2, -0.15) is 0 Å². The fraction of sp³-hybridized carbons (Fsp3) is 0.625. The van der Waals surface area contributed by atoms with Gasteiger partial charge in [-0.15, -0.1) is 0 Å². The molecule has 0 amide bonds. The Bertz CT molecular complexity index is 427. The highest BCUT2D eigenvalue weighted by atomic mass is 35.5. The van der Waals surface area contributed by atoms with Crippen molar-refractivity contribution in [2.75, 3.05) is 19.7 Å². The number of ether oxygens (including phenoxy) is 1. The first-order chi connectivity index (χ1) is 9.08. The number of nitrogens with one attached hydrogen (secondary N) is 1. The normalized spacial score (nSPS) is 15.0. The molecule has 0 unspecified atom stereocenters. The van der Waals surface area contributed by atoms with Gasteiger partial charge < -0.3 is 10.1 Å². The zero-order valence-corrected chi connectivity index (χ0v) is 12.9. The van der Waals surface area contributed by atoms with Crippen LogP contribution in [0.15, 0.2) is 12.1 Å². The molecule has 0 heterocycles. The summed E-state index contributed by atoms with van der Waals surface area (Å²) in [5.74, 6) is 2.32. The van der Waals surface area contributed by atoms with Crippen LogP contribution in [-0.2, 0) is 0 Å². The van der Waals surface area contributed by atoms with Crippen molar-refractivity contribution in [3.05, 3.63) is 28.3 Å². The summed E-state index contributed by atoms with van der Waals surface area (Å²) >= 11 is 6.19. The predicted octanol–water partition coefficient (Wildman–Crippen LogP) is 4.15. The Morgan fingerprint density at radius 2 is 2.11 bits per heavy atom. The zero-order chi connectivity index (χ0) is 13.8. The van der Waals surface area contributed by atoms with Crippen molar-refractivity contribution in [3.8, 4) is 5.75 Å². The molecule has 106 valence electrons. The zero-order valence-electron chi connectivity index (χ0n) is 12.1. The van der Waals surface area contributed by atoms with Gasteiger partial charge in [0.25, 0.3) is 0 Å². The Morgan fingerprint density at radius 3 is 2.74 bits per heavy atom. The monoisotopic (exact) mass is 281 g/mol. The molecule has 19 heavy (non-hydrogen) atoms. The van der Waals surface area contributed by atoms with Crippen molar-refractivity contribution in [1.82, 2.24) is 5.32 Å². The molecule has 0 aromatic heterocycles. The number of benzene rings is 1. The molecule has 2 nitrogen and oxygen atoms in total. The number of hydrogen-bond donors (Lipinski definition) is 1. The lowest BCUT2D eigenvalue weighted by Gasteiger charge is -2.16. The van der Waals surface area contributed by atoms with E-state index in [0.717, 1.165) is 35.3 Å². The van der Waals surface area contributed by atoms with E-state index in [1.807, 2.05) is 13.0 Å². The SMILES string of the molecule is Cc1cc(OCCNCC2CC2)c(C(C)C)cc1Cl. The van der Waals surface area contributed by atoms with Crippen LogP contribution >= 0.6 is 11.6 Å². The first-order valence-electron chi connectivity index (χ1n) is 7.21. The van der Waals surface area contributed by atoms with E-state index in [4.69, 9.17) is 16.3 Å². The number of aryl methyl sites for hydroxylation is 1. The lowest BCUT2D eigenvalue weighted by Crippen LogP contribution is -2.23. The molecule has 1 saturated carbocycles. The van der Waals surface area contributed by atoms with Crippen molar-refractivity contribution < 1.29 is 4.74 Å². The van der Waals surface area contributed by atoms with Crippen molar-refractivity contribution in [2.45, 2.75) is 39.5 Å². The van der Waals surface area contributed by atoms with Crippen LogP contribution in [0.2, 0.25) is 5.02 Å². The standard InChI is InChI=1S/C16H24ClNO/c1-11(2)14-9-15(17)12(3)8-16(14)19-7-6-18-10-13-4-5-13/h8-9,11,13,18H,4-7,10H2,1-3H3. The van der Waals surface area contributed by atoms with E-state index in [1.165, 1.54) is 18.4 Å². The molecule has 3 heteroatoms. The van der Waals surface area contributed by atoms with Crippen LogP contribution in [0.3, 0.4) is 0 Å². The highest BCUT2D eigenvalue weighted by molar-refractivity contribution is 6.31. The smallest absolute Gasteiger partial charge is 0.123 e. The van der Waals surface area contributed by atoms with E-state index < -0.39 is 0 Å². The van der Waals surface area contributed by atoms with Crippen molar-refractivity contribution in [1.29, 1.82) is 0 Å². The molecule has 1 aliphatic carbocycles. The molecule has 1 aliphatic rings. The van der Waals surface area contributed by atoms with Gasteiger partial charge in [0.1, 0.15) is 12.4 Å². The number of hydrogen-bond acceptors (Lipinski definition) is 2. The quantitative estimate of drug-likeness (QED) is 0.758. The van der Waals surface area contributed by atoms with Crippen molar-refractivity contribution in [2.24, 2.45) is 5.92 Å². The molecule has 0 saturated heterocycles. The Balaban J connectivity index is 1.88. The molecule has 0 aliphatic heterocycles. The van der Waals surface area contributed by atoms with Crippen LogP contribution in [0.5, 0.6) is 5.75 Å². The van der Waals surface area contributed by atoms with Gasteiger partial charge in [0.05, 0.1) is 0 Å². The molecule has 1 fully saturated rings. The predicted molar refractivity (Wildman–Crippen MR) is 81.4 cm³/mol.